The summed E-state index contributed by atoms with van der Waals surface area (Å²) in [5.41, 5.74) is 3.61. The van der Waals surface area contributed by atoms with Crippen LogP contribution in [0.25, 0.3) is 0 Å². The van der Waals surface area contributed by atoms with Crippen LogP contribution in [0.4, 0.5) is 5.69 Å². The van der Waals surface area contributed by atoms with Crippen molar-refractivity contribution in [3.8, 4) is 0 Å². The minimum atomic E-state index is -0.315. The van der Waals surface area contributed by atoms with E-state index in [-0.39, 0.29) is 23.7 Å². The van der Waals surface area contributed by atoms with Gasteiger partial charge in [-0.15, -0.1) is 0 Å². The highest BCUT2D eigenvalue weighted by Gasteiger charge is 2.27. The van der Waals surface area contributed by atoms with Crippen LogP contribution < -0.4 is 5.32 Å². The van der Waals surface area contributed by atoms with Crippen molar-refractivity contribution in [2.45, 2.75) is 53.0 Å². The van der Waals surface area contributed by atoms with Crippen LogP contribution in [0.2, 0.25) is 0 Å². The van der Waals surface area contributed by atoms with Gasteiger partial charge in [-0.1, -0.05) is 19.9 Å². The van der Waals surface area contributed by atoms with Gasteiger partial charge in [-0.3, -0.25) is 9.59 Å². The Hall–Kier alpha value is -1.84. The molecule has 0 spiro atoms. The second-order valence-electron chi connectivity index (χ2n) is 7.05. The monoisotopic (exact) mass is 316 g/mol. The molecule has 1 aromatic carbocycles. The number of Topliss-reactive ketones (excluding diaryl/α,β-unsaturated/α-hetero) is 1. The SMILES string of the molecule is Cc1ccc(NC2CCCN(C(=O)C(=O)CC(C)C)C2)cc1C. The number of hydrogen-bond acceptors (Lipinski definition) is 3. The van der Waals surface area contributed by atoms with Gasteiger partial charge in [0.15, 0.2) is 0 Å². The van der Waals surface area contributed by atoms with E-state index in [1.54, 1.807) is 4.90 Å². The molecule has 1 aromatic rings. The van der Waals surface area contributed by atoms with E-state index < -0.39 is 0 Å². The number of aryl methyl sites for hydroxylation is 2. The topological polar surface area (TPSA) is 49.4 Å². The lowest BCUT2D eigenvalue weighted by Gasteiger charge is -2.33. The molecular formula is C19H28N2O2. The Labute approximate surface area is 139 Å². The first kappa shape index (κ1) is 17.5. The first-order valence-corrected chi connectivity index (χ1v) is 8.52. The molecule has 1 unspecified atom stereocenters. The number of likely N-dealkylation sites (tertiary alicyclic amines) is 1. The second kappa shape index (κ2) is 7.62. The van der Waals surface area contributed by atoms with E-state index >= 15 is 0 Å². The lowest BCUT2D eigenvalue weighted by Crippen LogP contribution is -2.47. The molecule has 4 nitrogen and oxygen atoms in total. The van der Waals surface area contributed by atoms with Crippen molar-refractivity contribution >= 4 is 17.4 Å². The molecule has 0 aromatic heterocycles. The molecule has 1 saturated heterocycles. The Balaban J connectivity index is 1.96. The predicted octanol–water partition coefficient (Wildman–Crippen LogP) is 3.32. The van der Waals surface area contributed by atoms with Gasteiger partial charge >= 0.3 is 0 Å². The molecule has 0 aliphatic carbocycles. The molecule has 1 N–H and O–H groups in total. The van der Waals surface area contributed by atoms with Gasteiger partial charge < -0.3 is 10.2 Å². The molecule has 0 radical (unpaired) electrons. The van der Waals surface area contributed by atoms with Crippen LogP contribution in [0, 0.1) is 19.8 Å². The van der Waals surface area contributed by atoms with Crippen molar-refractivity contribution in [1.29, 1.82) is 0 Å². The number of benzene rings is 1. The van der Waals surface area contributed by atoms with Gasteiger partial charge in [0.1, 0.15) is 0 Å². The molecule has 23 heavy (non-hydrogen) atoms. The number of ketones is 1. The number of piperidine rings is 1. The number of amides is 1. The molecule has 0 saturated carbocycles. The van der Waals surface area contributed by atoms with Crippen molar-refractivity contribution in [2.75, 3.05) is 18.4 Å². The van der Waals surface area contributed by atoms with Crippen molar-refractivity contribution in [1.82, 2.24) is 4.90 Å². The molecule has 1 heterocycles. The molecule has 4 heteroatoms. The van der Waals surface area contributed by atoms with E-state index in [4.69, 9.17) is 0 Å². The van der Waals surface area contributed by atoms with Gasteiger partial charge in [0.2, 0.25) is 5.78 Å². The summed E-state index contributed by atoms with van der Waals surface area (Å²) in [7, 11) is 0. The fraction of sp³-hybridized carbons (Fsp3) is 0.579. The molecule has 1 atom stereocenters. The van der Waals surface area contributed by atoms with Crippen LogP contribution >= 0.6 is 0 Å². The van der Waals surface area contributed by atoms with Crippen LogP contribution in [-0.4, -0.2) is 35.7 Å². The zero-order valence-electron chi connectivity index (χ0n) is 14.7. The number of anilines is 1. The molecule has 2 rings (SSSR count). The van der Waals surface area contributed by atoms with Crippen molar-refractivity contribution < 1.29 is 9.59 Å². The molecule has 1 amide bonds. The third-order valence-corrected chi connectivity index (χ3v) is 4.42. The quantitative estimate of drug-likeness (QED) is 0.848. The van der Waals surface area contributed by atoms with E-state index in [1.807, 2.05) is 13.8 Å². The Morgan fingerprint density at radius 2 is 2.00 bits per heavy atom. The Morgan fingerprint density at radius 1 is 1.26 bits per heavy atom. The molecular weight excluding hydrogens is 288 g/mol. The number of carbonyl (C=O) groups excluding carboxylic acids is 2. The van der Waals surface area contributed by atoms with Crippen LogP contribution in [0.1, 0.15) is 44.2 Å². The minimum Gasteiger partial charge on any atom is -0.381 e. The fourth-order valence-electron chi connectivity index (χ4n) is 2.98. The number of nitrogens with one attached hydrogen (secondary N) is 1. The third-order valence-electron chi connectivity index (χ3n) is 4.42. The molecule has 126 valence electrons. The first-order chi connectivity index (χ1) is 10.9. The summed E-state index contributed by atoms with van der Waals surface area (Å²) in [6, 6.07) is 6.53. The summed E-state index contributed by atoms with van der Waals surface area (Å²) >= 11 is 0. The smallest absolute Gasteiger partial charge is 0.290 e. The normalized spacial score (nSPS) is 18.1. The van der Waals surface area contributed by atoms with Crippen LogP contribution in [0.5, 0.6) is 0 Å². The van der Waals surface area contributed by atoms with E-state index in [0.717, 1.165) is 18.5 Å². The maximum atomic E-state index is 12.3. The number of rotatable bonds is 5. The standard InChI is InChI=1S/C19H28N2O2/c1-13(2)10-18(22)19(23)21-9-5-6-17(12-21)20-16-8-7-14(3)15(4)11-16/h7-8,11,13,17,20H,5-6,9-10,12H2,1-4H3. The van der Waals surface area contributed by atoms with Crippen LogP contribution in [-0.2, 0) is 9.59 Å². The van der Waals surface area contributed by atoms with Crippen molar-refractivity contribution in [2.24, 2.45) is 5.92 Å². The summed E-state index contributed by atoms with van der Waals surface area (Å²) in [4.78, 5) is 26.0. The Bertz CT molecular complexity index is 581. The Kier molecular flexibility index (Phi) is 5.80. The van der Waals surface area contributed by atoms with Crippen LogP contribution in [0.3, 0.4) is 0 Å². The zero-order chi connectivity index (χ0) is 17.0. The van der Waals surface area contributed by atoms with E-state index in [1.165, 1.54) is 11.1 Å². The maximum Gasteiger partial charge on any atom is 0.290 e. The van der Waals surface area contributed by atoms with Gasteiger partial charge in [-0.25, -0.2) is 0 Å². The summed E-state index contributed by atoms with van der Waals surface area (Å²) in [5, 5.41) is 3.51. The second-order valence-corrected chi connectivity index (χ2v) is 7.05. The van der Waals surface area contributed by atoms with E-state index in [2.05, 4.69) is 37.4 Å². The molecule has 0 bridgehead atoms. The van der Waals surface area contributed by atoms with Gasteiger partial charge in [0.25, 0.3) is 5.91 Å². The molecule has 1 fully saturated rings. The largest absolute Gasteiger partial charge is 0.381 e. The summed E-state index contributed by atoms with van der Waals surface area (Å²) in [6.07, 6.45) is 2.29. The minimum absolute atomic E-state index is 0.210. The number of carbonyl (C=O) groups is 2. The van der Waals surface area contributed by atoms with E-state index in [0.29, 0.717) is 19.5 Å². The summed E-state index contributed by atoms with van der Waals surface area (Å²) in [5.74, 6) is -0.349. The molecule has 1 aliphatic heterocycles. The average Bonchev–Trinajstić information content (AvgIpc) is 2.50. The van der Waals surface area contributed by atoms with Gasteiger partial charge in [-0.05, 0) is 55.9 Å². The Morgan fingerprint density at radius 3 is 2.65 bits per heavy atom. The van der Waals surface area contributed by atoms with Gasteiger partial charge in [0.05, 0.1) is 0 Å². The summed E-state index contributed by atoms with van der Waals surface area (Å²) < 4.78 is 0. The van der Waals surface area contributed by atoms with Crippen LogP contribution in [0.15, 0.2) is 18.2 Å². The lowest BCUT2D eigenvalue weighted by molar-refractivity contribution is -0.145. The van der Waals surface area contributed by atoms with Crippen molar-refractivity contribution in [3.05, 3.63) is 29.3 Å². The number of nitrogens with zero attached hydrogens (tertiary/aromatic N) is 1. The third kappa shape index (κ3) is 4.81. The average molecular weight is 316 g/mol. The molecule has 1 aliphatic rings. The van der Waals surface area contributed by atoms with E-state index in [9.17, 15) is 9.59 Å². The predicted molar refractivity (Wildman–Crippen MR) is 93.6 cm³/mol. The number of hydrogen-bond donors (Lipinski definition) is 1. The first-order valence-electron chi connectivity index (χ1n) is 8.52. The highest BCUT2D eigenvalue weighted by Crippen LogP contribution is 2.19. The maximum absolute atomic E-state index is 12.3. The van der Waals surface area contributed by atoms with Gasteiger partial charge in [-0.2, -0.15) is 0 Å². The highest BCUT2D eigenvalue weighted by molar-refractivity contribution is 6.36. The highest BCUT2D eigenvalue weighted by atomic mass is 16.2. The lowest BCUT2D eigenvalue weighted by atomic mass is 10.0. The van der Waals surface area contributed by atoms with Crippen molar-refractivity contribution in [3.63, 3.8) is 0 Å². The summed E-state index contributed by atoms with van der Waals surface area (Å²) in [6.45, 7) is 9.42. The van der Waals surface area contributed by atoms with Gasteiger partial charge in [0, 0.05) is 31.2 Å². The zero-order valence-corrected chi connectivity index (χ0v) is 14.7. The fourth-order valence-corrected chi connectivity index (χ4v) is 2.98.